The van der Waals surface area contributed by atoms with Gasteiger partial charge in [0.2, 0.25) is 0 Å². The summed E-state index contributed by atoms with van der Waals surface area (Å²) in [5.41, 5.74) is 2.10. The fourth-order valence-electron chi connectivity index (χ4n) is 2.57. The summed E-state index contributed by atoms with van der Waals surface area (Å²) in [6.45, 7) is 9.52. The van der Waals surface area contributed by atoms with Gasteiger partial charge < -0.3 is 10.1 Å². The molecule has 0 radical (unpaired) electrons. The van der Waals surface area contributed by atoms with E-state index < -0.39 is 0 Å². The number of pyridine rings is 1. The van der Waals surface area contributed by atoms with Gasteiger partial charge in [0, 0.05) is 49.5 Å². The van der Waals surface area contributed by atoms with E-state index >= 15 is 0 Å². The fourth-order valence-corrected chi connectivity index (χ4v) is 2.57. The van der Waals surface area contributed by atoms with Gasteiger partial charge in [0.05, 0.1) is 12.8 Å². The Labute approximate surface area is 109 Å². The Hall–Kier alpha value is -1.13. The highest BCUT2D eigenvalue weighted by atomic mass is 16.5. The van der Waals surface area contributed by atoms with Crippen molar-refractivity contribution in [3.8, 4) is 5.75 Å². The summed E-state index contributed by atoms with van der Waals surface area (Å²) in [5, 5.41) is 3.45. The van der Waals surface area contributed by atoms with Crippen LogP contribution in [-0.2, 0) is 6.54 Å². The maximum Gasteiger partial charge on any atom is 0.122 e. The molecule has 4 nitrogen and oxygen atoms in total. The van der Waals surface area contributed by atoms with Crippen LogP contribution in [0, 0.1) is 6.92 Å². The SMILES string of the molecule is COc1cc(C)nc(CN2C(C)CNCC2C)c1. The summed E-state index contributed by atoms with van der Waals surface area (Å²) in [5.74, 6) is 0.896. The van der Waals surface area contributed by atoms with E-state index in [1.165, 1.54) is 0 Å². The van der Waals surface area contributed by atoms with Crippen molar-refractivity contribution in [2.75, 3.05) is 20.2 Å². The van der Waals surface area contributed by atoms with Crippen LogP contribution in [0.5, 0.6) is 5.75 Å². The molecule has 1 saturated heterocycles. The zero-order chi connectivity index (χ0) is 13.1. The van der Waals surface area contributed by atoms with Gasteiger partial charge in [0.15, 0.2) is 0 Å². The van der Waals surface area contributed by atoms with Crippen molar-refractivity contribution in [2.24, 2.45) is 0 Å². The molecule has 100 valence electrons. The Morgan fingerprint density at radius 3 is 2.61 bits per heavy atom. The smallest absolute Gasteiger partial charge is 0.122 e. The summed E-state index contributed by atoms with van der Waals surface area (Å²) in [6, 6.07) is 5.09. The van der Waals surface area contributed by atoms with E-state index in [0.29, 0.717) is 12.1 Å². The minimum atomic E-state index is 0.544. The number of nitrogens with one attached hydrogen (secondary N) is 1. The second-order valence-corrected chi connectivity index (χ2v) is 5.17. The molecule has 1 aliphatic rings. The van der Waals surface area contributed by atoms with Crippen molar-refractivity contribution in [1.29, 1.82) is 0 Å². The molecule has 2 heterocycles. The second-order valence-electron chi connectivity index (χ2n) is 5.17. The number of piperazine rings is 1. The molecule has 2 atom stereocenters. The minimum absolute atomic E-state index is 0.544. The second kappa shape index (κ2) is 5.67. The lowest BCUT2D eigenvalue weighted by Crippen LogP contribution is -2.54. The highest BCUT2D eigenvalue weighted by molar-refractivity contribution is 5.26. The van der Waals surface area contributed by atoms with Gasteiger partial charge in [0.1, 0.15) is 5.75 Å². The van der Waals surface area contributed by atoms with Crippen LogP contribution >= 0.6 is 0 Å². The van der Waals surface area contributed by atoms with Gasteiger partial charge in [-0.25, -0.2) is 0 Å². The summed E-state index contributed by atoms with van der Waals surface area (Å²) in [7, 11) is 1.70. The van der Waals surface area contributed by atoms with Gasteiger partial charge in [-0.15, -0.1) is 0 Å². The van der Waals surface area contributed by atoms with Gasteiger partial charge in [-0.3, -0.25) is 9.88 Å². The quantitative estimate of drug-likeness (QED) is 0.882. The fraction of sp³-hybridized carbons (Fsp3) is 0.643. The Kier molecular flexibility index (Phi) is 4.19. The molecule has 0 saturated carbocycles. The van der Waals surface area contributed by atoms with Crippen molar-refractivity contribution in [2.45, 2.75) is 39.4 Å². The first-order valence-corrected chi connectivity index (χ1v) is 6.58. The highest BCUT2D eigenvalue weighted by Gasteiger charge is 2.24. The first-order valence-electron chi connectivity index (χ1n) is 6.58. The molecule has 1 aliphatic heterocycles. The highest BCUT2D eigenvalue weighted by Crippen LogP contribution is 2.18. The van der Waals surface area contributed by atoms with Crippen molar-refractivity contribution in [1.82, 2.24) is 15.2 Å². The van der Waals surface area contributed by atoms with E-state index in [-0.39, 0.29) is 0 Å². The molecule has 0 aliphatic carbocycles. The number of hydrogen-bond donors (Lipinski definition) is 1. The first kappa shape index (κ1) is 13.3. The van der Waals surface area contributed by atoms with Crippen LogP contribution in [0.2, 0.25) is 0 Å². The maximum atomic E-state index is 5.31. The molecule has 1 aromatic heterocycles. The summed E-state index contributed by atoms with van der Waals surface area (Å²) < 4.78 is 5.31. The minimum Gasteiger partial charge on any atom is -0.497 e. The molecule has 0 aromatic carbocycles. The topological polar surface area (TPSA) is 37.4 Å². The predicted molar refractivity (Wildman–Crippen MR) is 72.9 cm³/mol. The summed E-state index contributed by atoms with van der Waals surface area (Å²) >= 11 is 0. The van der Waals surface area contributed by atoms with Gasteiger partial charge in [-0.05, 0) is 20.8 Å². The molecule has 0 bridgehead atoms. The molecule has 0 spiro atoms. The zero-order valence-corrected chi connectivity index (χ0v) is 11.7. The third-order valence-corrected chi connectivity index (χ3v) is 3.57. The lowest BCUT2D eigenvalue weighted by atomic mass is 10.1. The first-order chi connectivity index (χ1) is 8.60. The number of nitrogens with zero attached hydrogens (tertiary/aromatic N) is 2. The van der Waals surface area contributed by atoms with Crippen LogP contribution in [0.1, 0.15) is 25.2 Å². The molecule has 4 heteroatoms. The molecule has 1 N–H and O–H groups in total. The van der Waals surface area contributed by atoms with Crippen molar-refractivity contribution in [3.63, 3.8) is 0 Å². The van der Waals surface area contributed by atoms with Crippen LogP contribution in [0.25, 0.3) is 0 Å². The van der Waals surface area contributed by atoms with Gasteiger partial charge in [-0.1, -0.05) is 0 Å². The van der Waals surface area contributed by atoms with Crippen LogP contribution in [0.3, 0.4) is 0 Å². The van der Waals surface area contributed by atoms with Crippen molar-refractivity contribution < 1.29 is 4.74 Å². The number of rotatable bonds is 3. The van der Waals surface area contributed by atoms with Crippen molar-refractivity contribution in [3.05, 3.63) is 23.5 Å². The molecule has 18 heavy (non-hydrogen) atoms. The van der Waals surface area contributed by atoms with E-state index in [1.807, 2.05) is 19.1 Å². The average molecular weight is 249 g/mol. The van der Waals surface area contributed by atoms with E-state index in [2.05, 4.69) is 29.0 Å². The predicted octanol–water partition coefficient (Wildman–Crippen LogP) is 1.58. The summed E-state index contributed by atoms with van der Waals surface area (Å²) in [6.07, 6.45) is 0. The normalized spacial score (nSPS) is 25.1. The monoisotopic (exact) mass is 249 g/mol. The summed E-state index contributed by atoms with van der Waals surface area (Å²) in [4.78, 5) is 7.10. The Morgan fingerprint density at radius 2 is 2.00 bits per heavy atom. The van der Waals surface area contributed by atoms with E-state index in [1.54, 1.807) is 7.11 Å². The van der Waals surface area contributed by atoms with E-state index in [0.717, 1.165) is 36.8 Å². The number of methoxy groups -OCH3 is 1. The number of aryl methyl sites for hydroxylation is 1. The lowest BCUT2D eigenvalue weighted by Gasteiger charge is -2.39. The molecule has 2 unspecified atom stereocenters. The Morgan fingerprint density at radius 1 is 1.33 bits per heavy atom. The molecule has 1 fully saturated rings. The average Bonchev–Trinajstić information content (AvgIpc) is 2.33. The number of ether oxygens (including phenoxy) is 1. The van der Waals surface area contributed by atoms with Gasteiger partial charge in [0.25, 0.3) is 0 Å². The van der Waals surface area contributed by atoms with Crippen LogP contribution in [0.15, 0.2) is 12.1 Å². The van der Waals surface area contributed by atoms with E-state index in [9.17, 15) is 0 Å². The standard InChI is InChI=1S/C14H23N3O/c1-10-5-14(18-4)6-13(16-10)9-17-11(2)7-15-8-12(17)3/h5-6,11-12,15H,7-9H2,1-4H3. The molecule has 1 aromatic rings. The number of hydrogen-bond acceptors (Lipinski definition) is 4. The van der Waals surface area contributed by atoms with Crippen molar-refractivity contribution >= 4 is 0 Å². The molecular weight excluding hydrogens is 226 g/mol. The third-order valence-electron chi connectivity index (χ3n) is 3.57. The maximum absolute atomic E-state index is 5.31. The van der Waals surface area contributed by atoms with Gasteiger partial charge in [-0.2, -0.15) is 0 Å². The lowest BCUT2D eigenvalue weighted by molar-refractivity contribution is 0.107. The molecule has 0 amide bonds. The zero-order valence-electron chi connectivity index (χ0n) is 11.7. The van der Waals surface area contributed by atoms with Crippen LogP contribution < -0.4 is 10.1 Å². The largest absolute Gasteiger partial charge is 0.497 e. The molecular formula is C14H23N3O. The van der Waals surface area contributed by atoms with Crippen LogP contribution in [0.4, 0.5) is 0 Å². The number of aromatic nitrogens is 1. The Balaban J connectivity index is 2.14. The molecule has 2 rings (SSSR count). The third kappa shape index (κ3) is 3.00. The van der Waals surface area contributed by atoms with E-state index in [4.69, 9.17) is 4.74 Å². The Bertz CT molecular complexity index is 398. The van der Waals surface area contributed by atoms with Crippen LogP contribution in [-0.4, -0.2) is 42.2 Å². The van der Waals surface area contributed by atoms with Gasteiger partial charge >= 0.3 is 0 Å².